The average Bonchev–Trinajstić information content (AvgIpc) is 3.23. The SMILES string of the molecule is CCc1c(C(=O)Nc2ccc(OCCN(CC)CC)cc2)cnn1-c1ccccn1. The molecule has 0 bridgehead atoms. The Morgan fingerprint density at radius 1 is 1.10 bits per heavy atom. The number of anilines is 1. The van der Waals surface area contributed by atoms with Gasteiger partial charge in [-0.1, -0.05) is 26.8 Å². The Kier molecular flexibility index (Phi) is 7.57. The van der Waals surface area contributed by atoms with E-state index in [4.69, 9.17) is 4.74 Å². The number of benzene rings is 1. The Bertz CT molecular complexity index is 934. The van der Waals surface area contributed by atoms with Crippen LogP contribution in [0, 0.1) is 0 Å². The zero-order chi connectivity index (χ0) is 21.3. The fourth-order valence-corrected chi connectivity index (χ4v) is 3.25. The van der Waals surface area contributed by atoms with Gasteiger partial charge in [-0.2, -0.15) is 5.10 Å². The third kappa shape index (κ3) is 5.24. The minimum absolute atomic E-state index is 0.191. The summed E-state index contributed by atoms with van der Waals surface area (Å²) in [6.07, 6.45) is 3.97. The maximum atomic E-state index is 12.8. The van der Waals surface area contributed by atoms with Gasteiger partial charge in [0.2, 0.25) is 0 Å². The maximum Gasteiger partial charge on any atom is 0.259 e. The molecule has 1 amide bonds. The highest BCUT2D eigenvalue weighted by atomic mass is 16.5. The van der Waals surface area contributed by atoms with Crippen molar-refractivity contribution in [1.29, 1.82) is 0 Å². The lowest BCUT2D eigenvalue weighted by molar-refractivity contribution is 0.102. The highest BCUT2D eigenvalue weighted by Gasteiger charge is 2.17. The molecule has 0 aliphatic carbocycles. The average molecular weight is 408 g/mol. The van der Waals surface area contributed by atoms with Crippen LogP contribution in [0.1, 0.15) is 36.8 Å². The Balaban J connectivity index is 1.63. The van der Waals surface area contributed by atoms with Gasteiger partial charge in [0.05, 0.1) is 17.5 Å². The van der Waals surface area contributed by atoms with Crippen molar-refractivity contribution in [3.8, 4) is 11.6 Å². The van der Waals surface area contributed by atoms with Crippen LogP contribution in [-0.4, -0.2) is 51.8 Å². The van der Waals surface area contributed by atoms with Gasteiger partial charge in [-0.3, -0.25) is 4.79 Å². The van der Waals surface area contributed by atoms with Crippen LogP contribution in [0.15, 0.2) is 54.9 Å². The van der Waals surface area contributed by atoms with E-state index in [2.05, 4.69) is 34.1 Å². The molecular formula is C23H29N5O2. The van der Waals surface area contributed by atoms with Gasteiger partial charge in [-0.05, 0) is 55.9 Å². The van der Waals surface area contributed by atoms with Crippen molar-refractivity contribution in [2.45, 2.75) is 27.2 Å². The third-order valence-electron chi connectivity index (χ3n) is 5.00. The first-order valence-electron chi connectivity index (χ1n) is 10.4. The number of pyridine rings is 1. The number of amides is 1. The standard InChI is InChI=1S/C23H29N5O2/c1-4-21-20(17-25-28(21)22-9-7-8-14-24-22)23(29)26-18-10-12-19(13-11-18)30-16-15-27(5-2)6-3/h7-14,17H,4-6,15-16H2,1-3H3,(H,26,29). The van der Waals surface area contributed by atoms with Crippen molar-refractivity contribution in [1.82, 2.24) is 19.7 Å². The molecule has 3 rings (SSSR count). The number of aromatic nitrogens is 3. The van der Waals surface area contributed by atoms with E-state index >= 15 is 0 Å². The molecule has 7 heteroatoms. The van der Waals surface area contributed by atoms with Crippen LogP contribution in [0.25, 0.3) is 5.82 Å². The molecule has 158 valence electrons. The molecule has 7 nitrogen and oxygen atoms in total. The number of ether oxygens (including phenoxy) is 1. The van der Waals surface area contributed by atoms with Crippen LogP contribution in [0.5, 0.6) is 5.75 Å². The van der Waals surface area contributed by atoms with Crippen molar-refractivity contribution in [2.75, 3.05) is 31.6 Å². The lowest BCUT2D eigenvalue weighted by Gasteiger charge is -2.18. The number of carbonyl (C=O) groups excluding carboxylic acids is 1. The van der Waals surface area contributed by atoms with Gasteiger partial charge in [0.15, 0.2) is 5.82 Å². The second-order valence-electron chi connectivity index (χ2n) is 6.81. The number of nitrogens with one attached hydrogen (secondary N) is 1. The minimum Gasteiger partial charge on any atom is -0.492 e. The number of rotatable bonds is 10. The number of hydrogen-bond acceptors (Lipinski definition) is 5. The molecule has 0 fully saturated rings. The van der Waals surface area contributed by atoms with E-state index in [0.29, 0.717) is 30.1 Å². The molecule has 2 heterocycles. The molecule has 0 saturated heterocycles. The molecule has 0 spiro atoms. The monoisotopic (exact) mass is 407 g/mol. The van der Waals surface area contributed by atoms with E-state index in [-0.39, 0.29) is 5.91 Å². The van der Waals surface area contributed by atoms with Gasteiger partial charge in [0, 0.05) is 18.4 Å². The summed E-state index contributed by atoms with van der Waals surface area (Å²) in [7, 11) is 0. The molecule has 30 heavy (non-hydrogen) atoms. The Hall–Kier alpha value is -3.19. The summed E-state index contributed by atoms with van der Waals surface area (Å²) in [6, 6.07) is 13.1. The smallest absolute Gasteiger partial charge is 0.259 e. The van der Waals surface area contributed by atoms with E-state index < -0.39 is 0 Å². The van der Waals surface area contributed by atoms with Crippen molar-refractivity contribution in [3.05, 3.63) is 66.1 Å². The lowest BCUT2D eigenvalue weighted by atomic mass is 10.2. The summed E-state index contributed by atoms with van der Waals surface area (Å²) < 4.78 is 7.51. The molecule has 0 radical (unpaired) electrons. The minimum atomic E-state index is -0.191. The predicted molar refractivity (Wildman–Crippen MR) is 118 cm³/mol. The normalized spacial score (nSPS) is 10.9. The van der Waals surface area contributed by atoms with Gasteiger partial charge in [0.25, 0.3) is 5.91 Å². The Labute approximate surface area is 177 Å². The molecule has 0 aliphatic rings. The molecule has 3 aromatic rings. The van der Waals surface area contributed by atoms with Crippen molar-refractivity contribution in [3.63, 3.8) is 0 Å². The molecule has 1 aromatic carbocycles. The van der Waals surface area contributed by atoms with E-state index in [1.807, 2.05) is 49.4 Å². The number of carbonyl (C=O) groups is 1. The van der Waals surface area contributed by atoms with Crippen LogP contribution in [0.2, 0.25) is 0 Å². The first kappa shape index (κ1) is 21.5. The van der Waals surface area contributed by atoms with E-state index in [1.54, 1.807) is 17.1 Å². The van der Waals surface area contributed by atoms with Gasteiger partial charge in [0.1, 0.15) is 12.4 Å². The lowest BCUT2D eigenvalue weighted by Crippen LogP contribution is -2.27. The highest BCUT2D eigenvalue weighted by Crippen LogP contribution is 2.19. The first-order chi connectivity index (χ1) is 14.7. The summed E-state index contributed by atoms with van der Waals surface area (Å²) in [4.78, 5) is 19.4. The van der Waals surface area contributed by atoms with E-state index in [9.17, 15) is 4.79 Å². The summed E-state index contributed by atoms with van der Waals surface area (Å²) >= 11 is 0. The molecule has 0 saturated carbocycles. The first-order valence-corrected chi connectivity index (χ1v) is 10.4. The van der Waals surface area contributed by atoms with Crippen LogP contribution < -0.4 is 10.1 Å². The zero-order valence-corrected chi connectivity index (χ0v) is 17.8. The Morgan fingerprint density at radius 3 is 2.50 bits per heavy atom. The van der Waals surface area contributed by atoms with E-state index in [1.165, 1.54) is 0 Å². The predicted octanol–water partition coefficient (Wildman–Crippen LogP) is 3.80. The second-order valence-corrected chi connectivity index (χ2v) is 6.81. The molecule has 0 unspecified atom stereocenters. The number of nitrogens with zero attached hydrogens (tertiary/aromatic N) is 4. The fraction of sp³-hybridized carbons (Fsp3) is 0.348. The number of hydrogen-bond donors (Lipinski definition) is 1. The van der Waals surface area contributed by atoms with Crippen LogP contribution in [0.3, 0.4) is 0 Å². The molecule has 0 aliphatic heterocycles. The van der Waals surface area contributed by atoms with Crippen molar-refractivity contribution in [2.24, 2.45) is 0 Å². The molecule has 2 aromatic heterocycles. The second kappa shape index (κ2) is 10.5. The summed E-state index contributed by atoms with van der Waals surface area (Å²) in [6.45, 7) is 9.85. The zero-order valence-electron chi connectivity index (χ0n) is 17.8. The summed E-state index contributed by atoms with van der Waals surface area (Å²) in [5, 5.41) is 7.31. The highest BCUT2D eigenvalue weighted by molar-refractivity contribution is 6.05. The summed E-state index contributed by atoms with van der Waals surface area (Å²) in [5.41, 5.74) is 2.08. The number of likely N-dealkylation sites (N-methyl/N-ethyl adjacent to an activating group) is 1. The maximum absolute atomic E-state index is 12.8. The molecular weight excluding hydrogens is 378 g/mol. The fourth-order valence-electron chi connectivity index (χ4n) is 3.25. The Morgan fingerprint density at radius 2 is 1.87 bits per heavy atom. The summed E-state index contributed by atoms with van der Waals surface area (Å²) in [5.74, 6) is 1.29. The van der Waals surface area contributed by atoms with Crippen molar-refractivity contribution >= 4 is 11.6 Å². The van der Waals surface area contributed by atoms with E-state index in [0.717, 1.165) is 31.1 Å². The molecule has 1 N–H and O–H groups in total. The topological polar surface area (TPSA) is 72.3 Å². The van der Waals surface area contributed by atoms with Crippen LogP contribution in [-0.2, 0) is 6.42 Å². The van der Waals surface area contributed by atoms with Gasteiger partial charge < -0.3 is 15.0 Å². The van der Waals surface area contributed by atoms with Crippen LogP contribution >= 0.6 is 0 Å². The molecule has 0 atom stereocenters. The third-order valence-corrected chi connectivity index (χ3v) is 5.00. The van der Waals surface area contributed by atoms with Crippen molar-refractivity contribution < 1.29 is 9.53 Å². The largest absolute Gasteiger partial charge is 0.492 e. The van der Waals surface area contributed by atoms with Gasteiger partial charge >= 0.3 is 0 Å². The van der Waals surface area contributed by atoms with Gasteiger partial charge in [-0.15, -0.1) is 0 Å². The van der Waals surface area contributed by atoms with Gasteiger partial charge in [-0.25, -0.2) is 9.67 Å². The van der Waals surface area contributed by atoms with Crippen LogP contribution in [0.4, 0.5) is 5.69 Å². The quantitative estimate of drug-likeness (QED) is 0.553.